The Kier molecular flexibility index (Phi) is 5.10. The number of benzene rings is 1. The second kappa shape index (κ2) is 7.52. The van der Waals surface area contributed by atoms with Crippen LogP contribution >= 0.6 is 11.8 Å². The fourth-order valence-electron chi connectivity index (χ4n) is 3.93. The van der Waals surface area contributed by atoms with E-state index >= 15 is 0 Å². The third-order valence-electron chi connectivity index (χ3n) is 5.41. The van der Waals surface area contributed by atoms with Gasteiger partial charge in [0.1, 0.15) is 0 Å². The van der Waals surface area contributed by atoms with Gasteiger partial charge in [0.2, 0.25) is 11.8 Å². The van der Waals surface area contributed by atoms with Crippen molar-refractivity contribution in [3.63, 3.8) is 0 Å². The van der Waals surface area contributed by atoms with Crippen LogP contribution in [0.4, 0.5) is 5.69 Å². The average molecular weight is 388 g/mol. The summed E-state index contributed by atoms with van der Waals surface area (Å²) in [6.07, 6.45) is 1.83. The third-order valence-corrected chi connectivity index (χ3v) is 6.59. The van der Waals surface area contributed by atoms with Crippen molar-refractivity contribution in [1.29, 1.82) is 0 Å². The molecule has 0 radical (unpaired) electrons. The quantitative estimate of drug-likeness (QED) is 0.795. The highest BCUT2D eigenvalue weighted by atomic mass is 32.2. The van der Waals surface area contributed by atoms with Gasteiger partial charge in [-0.05, 0) is 38.0 Å². The fraction of sp³-hybridized carbons (Fsp3) is 0.526. The van der Waals surface area contributed by atoms with Crippen LogP contribution in [0.5, 0.6) is 0 Å². The van der Waals surface area contributed by atoms with Gasteiger partial charge in [-0.2, -0.15) is 0 Å². The normalized spacial score (nSPS) is 25.8. The van der Waals surface area contributed by atoms with Crippen molar-refractivity contribution < 1.29 is 14.4 Å². The molecule has 1 aromatic carbocycles. The molecule has 4 rings (SSSR count). The first-order valence-corrected chi connectivity index (χ1v) is 10.3. The number of nitrogens with one attached hydrogen (secondary N) is 2. The summed E-state index contributed by atoms with van der Waals surface area (Å²) in [5, 5.41) is 5.85. The molecule has 0 aromatic heterocycles. The van der Waals surface area contributed by atoms with E-state index in [1.807, 2.05) is 28.9 Å². The van der Waals surface area contributed by atoms with E-state index in [0.29, 0.717) is 37.4 Å². The second-order valence-electron chi connectivity index (χ2n) is 7.27. The van der Waals surface area contributed by atoms with Gasteiger partial charge in [0.15, 0.2) is 0 Å². The number of piperazine rings is 1. The van der Waals surface area contributed by atoms with Gasteiger partial charge in [-0.3, -0.25) is 14.4 Å². The van der Waals surface area contributed by atoms with Crippen LogP contribution in [0.1, 0.15) is 30.1 Å². The van der Waals surface area contributed by atoms with Crippen LogP contribution in [0.25, 0.3) is 0 Å². The van der Waals surface area contributed by atoms with Gasteiger partial charge in [-0.25, -0.2) is 0 Å². The maximum Gasteiger partial charge on any atom is 0.254 e. The van der Waals surface area contributed by atoms with Crippen molar-refractivity contribution in [1.82, 2.24) is 15.1 Å². The number of hydrogen-bond donors (Lipinski definition) is 2. The molecule has 3 heterocycles. The summed E-state index contributed by atoms with van der Waals surface area (Å²) in [5.41, 5.74) is 1.29. The topological polar surface area (TPSA) is 81.8 Å². The highest BCUT2D eigenvalue weighted by Gasteiger charge is 2.32. The van der Waals surface area contributed by atoms with Gasteiger partial charge in [0.25, 0.3) is 5.91 Å². The molecule has 0 bridgehead atoms. The standard InChI is InChI=1S/C19H24N4O3S/c1-12-18(25)21-15-9-13(4-5-16(15)27-12)19(26)22-7-2-3-14(11-22)23-8-6-20-10-17(23)24/h4-5,9,12,14,20H,2-3,6-8,10-11H2,1H3,(H,21,25). The maximum absolute atomic E-state index is 13.0. The molecule has 27 heavy (non-hydrogen) atoms. The maximum atomic E-state index is 13.0. The van der Waals surface area contributed by atoms with Crippen LogP contribution in [-0.2, 0) is 9.59 Å². The molecule has 8 heteroatoms. The number of amides is 3. The Labute approximate surface area is 162 Å². The van der Waals surface area contributed by atoms with Crippen LogP contribution < -0.4 is 10.6 Å². The summed E-state index contributed by atoms with van der Waals surface area (Å²) in [7, 11) is 0. The van der Waals surface area contributed by atoms with Crippen LogP contribution in [-0.4, -0.2) is 71.5 Å². The zero-order valence-corrected chi connectivity index (χ0v) is 16.2. The predicted octanol–water partition coefficient (Wildman–Crippen LogP) is 1.16. The zero-order valence-electron chi connectivity index (χ0n) is 15.4. The van der Waals surface area contributed by atoms with Crippen molar-refractivity contribution in [3.05, 3.63) is 23.8 Å². The number of likely N-dealkylation sites (tertiary alicyclic amines) is 1. The van der Waals surface area contributed by atoms with E-state index in [9.17, 15) is 14.4 Å². The van der Waals surface area contributed by atoms with E-state index < -0.39 is 0 Å². The molecule has 1 aromatic rings. The highest BCUT2D eigenvalue weighted by molar-refractivity contribution is 8.00. The molecule has 7 nitrogen and oxygen atoms in total. The lowest BCUT2D eigenvalue weighted by atomic mass is 10.0. The molecule has 0 aliphatic carbocycles. The Morgan fingerprint density at radius 3 is 2.93 bits per heavy atom. The minimum Gasteiger partial charge on any atom is -0.337 e. The van der Waals surface area contributed by atoms with Gasteiger partial charge in [-0.1, -0.05) is 0 Å². The number of rotatable bonds is 2. The number of carbonyl (C=O) groups is 3. The lowest BCUT2D eigenvalue weighted by Crippen LogP contribution is -2.57. The monoisotopic (exact) mass is 388 g/mol. The Balaban J connectivity index is 1.48. The molecule has 0 spiro atoms. The lowest BCUT2D eigenvalue weighted by molar-refractivity contribution is -0.135. The highest BCUT2D eigenvalue weighted by Crippen LogP contribution is 2.36. The molecular weight excluding hydrogens is 364 g/mol. The van der Waals surface area contributed by atoms with Crippen LogP contribution in [0.15, 0.2) is 23.1 Å². The SMILES string of the molecule is CC1Sc2ccc(C(=O)N3CCCC(N4CCNCC4=O)C3)cc2NC1=O. The van der Waals surface area contributed by atoms with Crippen LogP contribution in [0.3, 0.4) is 0 Å². The van der Waals surface area contributed by atoms with E-state index in [0.717, 1.165) is 24.3 Å². The molecule has 144 valence electrons. The van der Waals surface area contributed by atoms with Crippen LogP contribution in [0.2, 0.25) is 0 Å². The first kappa shape index (κ1) is 18.3. The molecule has 2 fully saturated rings. The van der Waals surface area contributed by atoms with Crippen LogP contribution in [0, 0.1) is 0 Å². The zero-order chi connectivity index (χ0) is 19.0. The summed E-state index contributed by atoms with van der Waals surface area (Å²) < 4.78 is 0. The molecule has 2 N–H and O–H groups in total. The van der Waals surface area contributed by atoms with E-state index in [4.69, 9.17) is 0 Å². The largest absolute Gasteiger partial charge is 0.337 e. The minimum absolute atomic E-state index is 0.0349. The molecule has 3 aliphatic rings. The molecule has 0 saturated carbocycles. The van der Waals surface area contributed by atoms with E-state index in [-0.39, 0.29) is 29.0 Å². The van der Waals surface area contributed by atoms with Gasteiger partial charge >= 0.3 is 0 Å². The van der Waals surface area contributed by atoms with Gasteiger partial charge < -0.3 is 20.4 Å². The van der Waals surface area contributed by atoms with Crippen molar-refractivity contribution in [3.8, 4) is 0 Å². The van der Waals surface area contributed by atoms with Gasteiger partial charge in [0.05, 0.1) is 17.5 Å². The third kappa shape index (κ3) is 3.68. The minimum atomic E-state index is -0.126. The summed E-state index contributed by atoms with van der Waals surface area (Å²) in [6.45, 7) is 5.02. The fourth-order valence-corrected chi connectivity index (χ4v) is 4.86. The molecule has 2 unspecified atom stereocenters. The Hall–Kier alpha value is -2.06. The van der Waals surface area contributed by atoms with E-state index in [1.165, 1.54) is 11.8 Å². The Morgan fingerprint density at radius 1 is 1.26 bits per heavy atom. The first-order valence-electron chi connectivity index (χ1n) is 9.44. The van der Waals surface area contributed by atoms with Crippen molar-refractivity contribution in [2.45, 2.75) is 36.0 Å². The first-order chi connectivity index (χ1) is 13.0. The molecular formula is C19H24N4O3S. The van der Waals surface area contributed by atoms with E-state index in [1.54, 1.807) is 6.07 Å². The second-order valence-corrected chi connectivity index (χ2v) is 8.65. The predicted molar refractivity (Wildman–Crippen MR) is 104 cm³/mol. The van der Waals surface area contributed by atoms with E-state index in [2.05, 4.69) is 10.6 Å². The Bertz CT molecular complexity index is 784. The van der Waals surface area contributed by atoms with Crippen molar-refractivity contribution >= 4 is 35.2 Å². The lowest BCUT2D eigenvalue weighted by Gasteiger charge is -2.41. The number of thioether (sulfide) groups is 1. The summed E-state index contributed by atoms with van der Waals surface area (Å²) in [4.78, 5) is 41.9. The summed E-state index contributed by atoms with van der Waals surface area (Å²) in [6, 6.07) is 5.60. The van der Waals surface area contributed by atoms with Gasteiger partial charge in [-0.15, -0.1) is 11.8 Å². The number of fused-ring (bicyclic) bond motifs is 1. The summed E-state index contributed by atoms with van der Waals surface area (Å²) in [5.74, 6) is 0.0403. The number of piperidine rings is 1. The average Bonchev–Trinajstić information content (AvgIpc) is 2.68. The molecule has 2 saturated heterocycles. The molecule has 3 aliphatic heterocycles. The molecule has 3 amide bonds. The van der Waals surface area contributed by atoms with Crippen molar-refractivity contribution in [2.24, 2.45) is 0 Å². The Morgan fingerprint density at radius 2 is 2.11 bits per heavy atom. The smallest absolute Gasteiger partial charge is 0.254 e. The number of nitrogens with zero attached hydrogens (tertiary/aromatic N) is 2. The summed E-state index contributed by atoms with van der Waals surface area (Å²) >= 11 is 1.51. The number of anilines is 1. The molecule has 2 atom stereocenters. The number of carbonyl (C=O) groups excluding carboxylic acids is 3. The number of hydrogen-bond acceptors (Lipinski definition) is 5. The van der Waals surface area contributed by atoms with Crippen molar-refractivity contribution in [2.75, 3.05) is 38.0 Å². The van der Waals surface area contributed by atoms with Gasteiger partial charge in [0, 0.05) is 42.7 Å².